The number of carbonyl (C=O) groups excluding carboxylic acids is 1. The molecule has 1 amide bonds. The van der Waals surface area contributed by atoms with Crippen molar-refractivity contribution in [1.82, 2.24) is 10.2 Å². The molecule has 0 bridgehead atoms. The summed E-state index contributed by atoms with van der Waals surface area (Å²) in [5.41, 5.74) is 0.0267. The zero-order valence-electron chi connectivity index (χ0n) is 10.6. The Balaban J connectivity index is 2.32. The fourth-order valence-corrected chi connectivity index (χ4v) is 1.43. The maximum Gasteiger partial charge on any atom is 0.223 e. The van der Waals surface area contributed by atoms with E-state index in [1.165, 1.54) is 12.8 Å². The minimum Gasteiger partial charge on any atom is -0.354 e. The first-order valence-electron chi connectivity index (χ1n) is 5.80. The zero-order valence-corrected chi connectivity index (χ0v) is 10.6. The van der Waals surface area contributed by atoms with Crippen molar-refractivity contribution in [3.63, 3.8) is 0 Å². The number of rotatable bonds is 5. The molecule has 3 nitrogen and oxygen atoms in total. The van der Waals surface area contributed by atoms with Gasteiger partial charge >= 0.3 is 0 Å². The lowest BCUT2D eigenvalue weighted by Crippen LogP contribution is -2.49. The molecule has 1 unspecified atom stereocenters. The summed E-state index contributed by atoms with van der Waals surface area (Å²) in [6.07, 6.45) is 2.46. The van der Waals surface area contributed by atoms with E-state index in [4.69, 9.17) is 0 Å². The van der Waals surface area contributed by atoms with Gasteiger partial charge in [-0.1, -0.05) is 6.92 Å². The molecule has 0 heterocycles. The van der Waals surface area contributed by atoms with Crippen LogP contribution in [-0.2, 0) is 4.79 Å². The van der Waals surface area contributed by atoms with E-state index in [0.29, 0.717) is 5.92 Å². The van der Waals surface area contributed by atoms with E-state index in [9.17, 15) is 4.79 Å². The second kappa shape index (κ2) is 4.52. The van der Waals surface area contributed by atoms with Crippen LogP contribution in [0.2, 0.25) is 0 Å². The Labute approximate surface area is 93.2 Å². The Morgan fingerprint density at radius 1 is 1.47 bits per heavy atom. The molecule has 0 saturated heterocycles. The lowest BCUT2D eigenvalue weighted by atomic mass is 10.0. The highest BCUT2D eigenvalue weighted by atomic mass is 16.1. The highest BCUT2D eigenvalue weighted by molar-refractivity contribution is 5.78. The summed E-state index contributed by atoms with van der Waals surface area (Å²) in [7, 11) is 4.08. The summed E-state index contributed by atoms with van der Waals surface area (Å²) in [6.45, 7) is 7.02. The summed E-state index contributed by atoms with van der Waals surface area (Å²) < 4.78 is 0. The van der Waals surface area contributed by atoms with Gasteiger partial charge in [0.25, 0.3) is 0 Å². The van der Waals surface area contributed by atoms with Gasteiger partial charge in [-0.25, -0.2) is 0 Å². The Hall–Kier alpha value is -0.570. The van der Waals surface area contributed by atoms with Crippen LogP contribution in [0, 0.1) is 11.8 Å². The number of carbonyl (C=O) groups is 1. The number of likely N-dealkylation sites (N-methyl/N-ethyl adjacent to an activating group) is 1. The van der Waals surface area contributed by atoms with Crippen molar-refractivity contribution < 1.29 is 4.79 Å². The highest BCUT2D eigenvalue weighted by Crippen LogP contribution is 2.36. The molecule has 1 rings (SSSR count). The zero-order chi connectivity index (χ0) is 11.6. The lowest BCUT2D eigenvalue weighted by molar-refractivity contribution is -0.125. The van der Waals surface area contributed by atoms with Gasteiger partial charge in [0.15, 0.2) is 0 Å². The van der Waals surface area contributed by atoms with Gasteiger partial charge in [-0.05, 0) is 46.7 Å². The van der Waals surface area contributed by atoms with E-state index in [1.807, 2.05) is 21.0 Å². The summed E-state index contributed by atoms with van der Waals surface area (Å²) >= 11 is 0. The summed E-state index contributed by atoms with van der Waals surface area (Å²) in [6, 6.07) is 0. The fraction of sp³-hybridized carbons (Fsp3) is 0.917. The first-order valence-corrected chi connectivity index (χ1v) is 5.80. The molecule has 1 aliphatic carbocycles. The van der Waals surface area contributed by atoms with Gasteiger partial charge in [-0.2, -0.15) is 0 Å². The molecule has 0 aromatic heterocycles. The molecule has 15 heavy (non-hydrogen) atoms. The highest BCUT2D eigenvalue weighted by Gasteiger charge is 2.33. The molecule has 0 radical (unpaired) electrons. The van der Waals surface area contributed by atoms with Gasteiger partial charge in [0.1, 0.15) is 0 Å². The first kappa shape index (κ1) is 12.5. The number of amides is 1. The standard InChI is InChI=1S/C12H24N2O/c1-9(10-6-7-10)11(15)13-8-12(2,3)14(4)5/h9-10H,6-8H2,1-5H3,(H,13,15). The molecular formula is C12H24N2O. The van der Waals surface area contributed by atoms with Crippen molar-refractivity contribution in [3.05, 3.63) is 0 Å². The van der Waals surface area contributed by atoms with E-state index in [2.05, 4.69) is 24.1 Å². The van der Waals surface area contributed by atoms with Gasteiger partial charge < -0.3 is 10.2 Å². The van der Waals surface area contributed by atoms with Crippen LogP contribution in [0.4, 0.5) is 0 Å². The third-order valence-corrected chi connectivity index (χ3v) is 3.65. The Morgan fingerprint density at radius 3 is 2.40 bits per heavy atom. The van der Waals surface area contributed by atoms with Crippen LogP contribution >= 0.6 is 0 Å². The minimum absolute atomic E-state index is 0.0267. The number of nitrogens with one attached hydrogen (secondary N) is 1. The van der Waals surface area contributed by atoms with Crippen molar-refractivity contribution in [1.29, 1.82) is 0 Å². The largest absolute Gasteiger partial charge is 0.354 e. The SMILES string of the molecule is CC(C(=O)NCC(C)(C)N(C)C)C1CC1. The molecule has 0 aromatic rings. The van der Waals surface area contributed by atoms with Crippen LogP contribution in [-0.4, -0.2) is 37.0 Å². The molecule has 1 aliphatic rings. The quantitative estimate of drug-likeness (QED) is 0.749. The molecule has 1 fully saturated rings. The summed E-state index contributed by atoms with van der Waals surface area (Å²) in [4.78, 5) is 13.9. The average molecular weight is 212 g/mol. The topological polar surface area (TPSA) is 32.3 Å². The van der Waals surface area contributed by atoms with E-state index in [-0.39, 0.29) is 17.4 Å². The Bertz CT molecular complexity index is 232. The Morgan fingerprint density at radius 2 is 2.00 bits per heavy atom. The van der Waals surface area contributed by atoms with E-state index in [0.717, 1.165) is 6.54 Å². The minimum atomic E-state index is 0.0267. The third-order valence-electron chi connectivity index (χ3n) is 3.65. The molecule has 1 atom stereocenters. The smallest absolute Gasteiger partial charge is 0.223 e. The lowest BCUT2D eigenvalue weighted by Gasteiger charge is -2.33. The Kier molecular flexibility index (Phi) is 3.77. The molecule has 3 heteroatoms. The predicted molar refractivity (Wildman–Crippen MR) is 62.7 cm³/mol. The molecular weight excluding hydrogens is 188 g/mol. The van der Waals surface area contributed by atoms with Gasteiger partial charge in [-0.3, -0.25) is 4.79 Å². The van der Waals surface area contributed by atoms with Crippen LogP contribution in [0.5, 0.6) is 0 Å². The second-order valence-corrected chi connectivity index (χ2v) is 5.55. The van der Waals surface area contributed by atoms with Crippen molar-refractivity contribution in [2.45, 2.75) is 39.2 Å². The molecule has 88 valence electrons. The van der Waals surface area contributed by atoms with E-state index < -0.39 is 0 Å². The van der Waals surface area contributed by atoms with Crippen molar-refractivity contribution >= 4 is 5.91 Å². The van der Waals surface area contributed by atoms with E-state index >= 15 is 0 Å². The summed E-state index contributed by atoms with van der Waals surface area (Å²) in [5, 5.41) is 3.04. The van der Waals surface area contributed by atoms with Crippen LogP contribution in [0.1, 0.15) is 33.6 Å². The van der Waals surface area contributed by atoms with Crippen LogP contribution < -0.4 is 5.32 Å². The monoisotopic (exact) mass is 212 g/mol. The van der Waals surface area contributed by atoms with Crippen molar-refractivity contribution in [2.24, 2.45) is 11.8 Å². The predicted octanol–water partition coefficient (Wildman–Crippen LogP) is 1.49. The molecule has 0 aliphatic heterocycles. The molecule has 1 N–H and O–H groups in total. The van der Waals surface area contributed by atoms with Crippen LogP contribution in [0.15, 0.2) is 0 Å². The average Bonchev–Trinajstić information content (AvgIpc) is 2.96. The van der Waals surface area contributed by atoms with Crippen molar-refractivity contribution in [3.8, 4) is 0 Å². The first-order chi connectivity index (χ1) is 6.84. The van der Waals surface area contributed by atoms with Gasteiger partial charge in [-0.15, -0.1) is 0 Å². The van der Waals surface area contributed by atoms with Crippen LogP contribution in [0.25, 0.3) is 0 Å². The maximum atomic E-state index is 11.8. The van der Waals surface area contributed by atoms with E-state index in [1.54, 1.807) is 0 Å². The number of hydrogen-bond donors (Lipinski definition) is 1. The number of nitrogens with zero attached hydrogens (tertiary/aromatic N) is 1. The van der Waals surface area contributed by atoms with Gasteiger partial charge in [0, 0.05) is 18.0 Å². The molecule has 0 spiro atoms. The number of hydrogen-bond acceptors (Lipinski definition) is 2. The third kappa shape index (κ3) is 3.49. The summed E-state index contributed by atoms with van der Waals surface area (Å²) in [5.74, 6) is 1.06. The molecule has 1 saturated carbocycles. The van der Waals surface area contributed by atoms with Gasteiger partial charge in [0.05, 0.1) is 0 Å². The normalized spacial score (nSPS) is 19.1. The van der Waals surface area contributed by atoms with Gasteiger partial charge in [0.2, 0.25) is 5.91 Å². The van der Waals surface area contributed by atoms with Crippen LogP contribution in [0.3, 0.4) is 0 Å². The second-order valence-electron chi connectivity index (χ2n) is 5.55. The fourth-order valence-electron chi connectivity index (χ4n) is 1.43. The molecule has 0 aromatic carbocycles. The maximum absolute atomic E-state index is 11.8. The van der Waals surface area contributed by atoms with Crippen molar-refractivity contribution in [2.75, 3.05) is 20.6 Å².